The Balaban J connectivity index is 0.000000278. The number of benzene rings is 2. The van der Waals surface area contributed by atoms with E-state index >= 15 is 0 Å². The molecule has 3 N–H and O–H groups in total. The molecule has 5 nitrogen and oxygen atoms in total. The normalized spacial score (nSPS) is 15.3. The summed E-state index contributed by atoms with van der Waals surface area (Å²) >= 11 is 0. The van der Waals surface area contributed by atoms with Crippen LogP contribution in [0.5, 0.6) is 11.5 Å². The average molecular weight is 517 g/mol. The van der Waals surface area contributed by atoms with E-state index in [0.29, 0.717) is 37.4 Å². The molecule has 0 aromatic heterocycles. The molecule has 1 aliphatic heterocycles. The molecule has 2 aromatic rings. The molecular formula is C30H48O5Si. The first-order valence-corrected chi connectivity index (χ1v) is 16.3. The fraction of sp³-hybridized carbons (Fsp3) is 0.600. The second kappa shape index (κ2) is 11.7. The molecule has 3 rings (SSSR count). The minimum Gasteiger partial charge on any atom is -0.508 e. The van der Waals surface area contributed by atoms with Crippen LogP contribution in [0.15, 0.2) is 36.4 Å². The Morgan fingerprint density at radius 1 is 0.917 bits per heavy atom. The van der Waals surface area contributed by atoms with Crippen molar-refractivity contribution < 1.29 is 24.5 Å². The fourth-order valence-electron chi connectivity index (χ4n) is 4.65. The van der Waals surface area contributed by atoms with Crippen molar-refractivity contribution in [3.63, 3.8) is 0 Å². The largest absolute Gasteiger partial charge is 0.508 e. The van der Waals surface area contributed by atoms with Crippen molar-refractivity contribution in [1.29, 1.82) is 0 Å². The van der Waals surface area contributed by atoms with E-state index in [9.17, 15) is 15.3 Å². The van der Waals surface area contributed by atoms with E-state index in [2.05, 4.69) is 47.7 Å². The second-order valence-corrected chi connectivity index (χ2v) is 16.2. The number of ether oxygens (including phenoxy) is 1. The van der Waals surface area contributed by atoms with E-state index in [1.165, 1.54) is 0 Å². The monoisotopic (exact) mass is 516 g/mol. The fourth-order valence-corrected chi connectivity index (χ4v) is 5.60. The summed E-state index contributed by atoms with van der Waals surface area (Å²) in [6.45, 7) is 20.2. The van der Waals surface area contributed by atoms with Gasteiger partial charge in [0.05, 0.1) is 24.4 Å². The standard InChI is InChI=1S/C18H32O3Si.C12H16O2/c1-8-18(20,9-2)16-14(11-10-12-15(16)19)13-21-22(6,7)17(3,4)5;1-3-12(4-2)11-9(8-14-12)6-5-7-10(11)13/h10-12,19-20H,8-9,13H2,1-7H3;5-7,13H,3-4,8H2,1-2H3. The highest BCUT2D eigenvalue weighted by atomic mass is 28.4. The summed E-state index contributed by atoms with van der Waals surface area (Å²) in [4.78, 5) is 0. The maximum absolute atomic E-state index is 10.8. The van der Waals surface area contributed by atoms with Crippen LogP contribution in [0.2, 0.25) is 18.1 Å². The van der Waals surface area contributed by atoms with Gasteiger partial charge in [-0.25, -0.2) is 0 Å². The Labute approximate surface area is 219 Å². The first-order chi connectivity index (χ1) is 16.7. The van der Waals surface area contributed by atoms with Crippen molar-refractivity contribution in [1.82, 2.24) is 0 Å². The third-order valence-electron chi connectivity index (χ3n) is 8.39. The average Bonchev–Trinajstić information content (AvgIpc) is 3.22. The van der Waals surface area contributed by atoms with Crippen LogP contribution in [0.3, 0.4) is 0 Å². The Morgan fingerprint density at radius 2 is 1.47 bits per heavy atom. The molecular weight excluding hydrogens is 468 g/mol. The number of fused-ring (bicyclic) bond motifs is 1. The quantitative estimate of drug-likeness (QED) is 0.311. The van der Waals surface area contributed by atoms with Crippen LogP contribution in [0.25, 0.3) is 0 Å². The summed E-state index contributed by atoms with van der Waals surface area (Å²) in [5, 5.41) is 31.1. The predicted molar refractivity (Wildman–Crippen MR) is 150 cm³/mol. The molecule has 0 atom stereocenters. The molecule has 6 heteroatoms. The van der Waals surface area contributed by atoms with E-state index in [1.807, 2.05) is 38.1 Å². The van der Waals surface area contributed by atoms with Gasteiger partial charge in [-0.1, -0.05) is 72.7 Å². The van der Waals surface area contributed by atoms with Crippen LogP contribution < -0.4 is 0 Å². The molecule has 1 aliphatic rings. The molecule has 0 radical (unpaired) electrons. The van der Waals surface area contributed by atoms with Gasteiger partial charge in [-0.15, -0.1) is 0 Å². The van der Waals surface area contributed by atoms with Crippen LogP contribution in [0.1, 0.15) is 96.4 Å². The molecule has 0 spiro atoms. The van der Waals surface area contributed by atoms with Crippen molar-refractivity contribution in [3.8, 4) is 11.5 Å². The molecule has 0 saturated carbocycles. The molecule has 1 heterocycles. The maximum Gasteiger partial charge on any atom is 0.192 e. The lowest BCUT2D eigenvalue weighted by molar-refractivity contribution is -0.0449. The van der Waals surface area contributed by atoms with Gasteiger partial charge in [-0.3, -0.25) is 0 Å². The van der Waals surface area contributed by atoms with E-state index in [-0.39, 0.29) is 16.4 Å². The van der Waals surface area contributed by atoms with Crippen molar-refractivity contribution >= 4 is 8.32 Å². The number of hydrogen-bond acceptors (Lipinski definition) is 5. The predicted octanol–water partition coefficient (Wildman–Crippen LogP) is 7.86. The molecule has 0 aliphatic carbocycles. The smallest absolute Gasteiger partial charge is 0.192 e. The second-order valence-electron chi connectivity index (χ2n) is 11.4. The third-order valence-corrected chi connectivity index (χ3v) is 12.9. The number of aromatic hydroxyl groups is 2. The van der Waals surface area contributed by atoms with Gasteiger partial charge in [-0.2, -0.15) is 0 Å². The summed E-state index contributed by atoms with van der Waals surface area (Å²) in [7, 11) is -1.87. The molecule has 0 saturated heterocycles. The Bertz CT molecular complexity index is 1000. The first kappa shape index (κ1) is 30.4. The minimum atomic E-state index is -1.87. The zero-order valence-electron chi connectivity index (χ0n) is 23.9. The number of rotatable bonds is 8. The van der Waals surface area contributed by atoms with E-state index in [4.69, 9.17) is 9.16 Å². The van der Waals surface area contributed by atoms with Gasteiger partial charge >= 0.3 is 0 Å². The first-order valence-electron chi connectivity index (χ1n) is 13.3. The molecule has 2 aromatic carbocycles. The lowest BCUT2D eigenvalue weighted by Gasteiger charge is -2.37. The molecule has 202 valence electrons. The van der Waals surface area contributed by atoms with E-state index in [1.54, 1.807) is 12.1 Å². The lowest BCUT2D eigenvalue weighted by atomic mass is 9.85. The number of aliphatic hydroxyl groups is 1. The Morgan fingerprint density at radius 3 is 2.00 bits per heavy atom. The van der Waals surface area contributed by atoms with Crippen molar-refractivity contribution in [2.24, 2.45) is 0 Å². The highest BCUT2D eigenvalue weighted by Crippen LogP contribution is 2.46. The SMILES string of the molecule is CCC(O)(CC)c1c(O)cccc1CO[Si](C)(C)C(C)(C)C.CCC1(CC)OCc2cccc(O)c21. The minimum absolute atomic E-state index is 0.135. The van der Waals surface area contributed by atoms with Crippen LogP contribution in [0, 0.1) is 0 Å². The van der Waals surface area contributed by atoms with Gasteiger partial charge in [0.1, 0.15) is 11.5 Å². The lowest BCUT2D eigenvalue weighted by Crippen LogP contribution is -2.40. The van der Waals surface area contributed by atoms with Gasteiger partial charge in [0.15, 0.2) is 8.32 Å². The summed E-state index contributed by atoms with van der Waals surface area (Å²) in [5.41, 5.74) is 2.39. The number of phenols is 2. The van der Waals surface area contributed by atoms with E-state index in [0.717, 1.165) is 29.5 Å². The summed E-state index contributed by atoms with van der Waals surface area (Å²) in [6.07, 6.45) is 2.95. The van der Waals surface area contributed by atoms with Crippen molar-refractivity contribution in [2.75, 3.05) is 0 Å². The summed E-state index contributed by atoms with van der Waals surface area (Å²) in [6, 6.07) is 11.0. The Kier molecular flexibility index (Phi) is 9.85. The van der Waals surface area contributed by atoms with Crippen LogP contribution >= 0.6 is 0 Å². The summed E-state index contributed by atoms with van der Waals surface area (Å²) < 4.78 is 12.1. The van der Waals surface area contributed by atoms with Crippen LogP contribution in [-0.4, -0.2) is 23.6 Å². The molecule has 0 amide bonds. The van der Waals surface area contributed by atoms with Crippen LogP contribution in [-0.2, 0) is 33.6 Å². The summed E-state index contributed by atoms with van der Waals surface area (Å²) in [5.74, 6) is 0.534. The molecule has 0 bridgehead atoms. The van der Waals surface area contributed by atoms with Crippen molar-refractivity contribution in [3.05, 3.63) is 58.7 Å². The van der Waals surface area contributed by atoms with Crippen LogP contribution in [0.4, 0.5) is 0 Å². The van der Waals surface area contributed by atoms with Gasteiger partial charge in [0, 0.05) is 11.1 Å². The van der Waals surface area contributed by atoms with E-state index < -0.39 is 13.9 Å². The molecule has 36 heavy (non-hydrogen) atoms. The third kappa shape index (κ3) is 6.16. The zero-order valence-corrected chi connectivity index (χ0v) is 24.9. The molecule has 0 unspecified atom stereocenters. The zero-order chi connectivity index (χ0) is 27.4. The van der Waals surface area contributed by atoms with Gasteiger partial charge in [0.25, 0.3) is 0 Å². The highest BCUT2D eigenvalue weighted by molar-refractivity contribution is 6.74. The van der Waals surface area contributed by atoms with Gasteiger partial charge in [0.2, 0.25) is 0 Å². The topological polar surface area (TPSA) is 79.2 Å². The van der Waals surface area contributed by atoms with Gasteiger partial charge < -0.3 is 24.5 Å². The number of hydrogen-bond donors (Lipinski definition) is 3. The Hall–Kier alpha value is -1.86. The van der Waals surface area contributed by atoms with Gasteiger partial charge in [-0.05, 0) is 67.1 Å². The number of phenolic OH excluding ortho intramolecular Hbond substituents is 2. The highest BCUT2D eigenvalue weighted by Gasteiger charge is 2.39. The maximum atomic E-state index is 10.8. The molecule has 0 fully saturated rings. The van der Waals surface area contributed by atoms with Crippen molar-refractivity contribution in [2.45, 2.75) is 117 Å².